The minimum absolute atomic E-state index is 0.138. The zero-order chi connectivity index (χ0) is 21.9. The van der Waals surface area contributed by atoms with Gasteiger partial charge in [0.25, 0.3) is 0 Å². The van der Waals surface area contributed by atoms with E-state index in [-0.39, 0.29) is 6.04 Å². The maximum absolute atomic E-state index is 6.41. The minimum Gasteiger partial charge on any atom is -0.367 e. The largest absolute Gasteiger partial charge is 0.367 e. The second-order valence-electron chi connectivity index (χ2n) is 8.09. The highest BCUT2D eigenvalue weighted by Crippen LogP contribution is 2.29. The molecule has 0 radical (unpaired) electrons. The number of benzene rings is 3. The normalized spacial score (nSPS) is 15.1. The molecule has 0 bridgehead atoms. The van der Waals surface area contributed by atoms with E-state index in [1.54, 1.807) is 0 Å². The fourth-order valence-corrected chi connectivity index (χ4v) is 4.46. The van der Waals surface area contributed by atoms with E-state index >= 15 is 0 Å². The first-order chi connectivity index (χ1) is 15.7. The SMILES string of the molecule is CC(Nc1nc(N2CCN(c3ccccc3Cl)CC2)nc2ccccc12)c1ccccc1. The van der Waals surface area contributed by atoms with Crippen LogP contribution in [0.5, 0.6) is 0 Å². The first-order valence-corrected chi connectivity index (χ1v) is 11.4. The highest BCUT2D eigenvalue weighted by molar-refractivity contribution is 6.33. The summed E-state index contributed by atoms with van der Waals surface area (Å²) in [5.41, 5.74) is 3.27. The number of rotatable bonds is 5. The summed E-state index contributed by atoms with van der Waals surface area (Å²) in [6.45, 7) is 5.61. The molecule has 6 heteroatoms. The van der Waals surface area contributed by atoms with Crippen LogP contribution in [0.25, 0.3) is 10.9 Å². The van der Waals surface area contributed by atoms with E-state index in [9.17, 15) is 0 Å². The summed E-state index contributed by atoms with van der Waals surface area (Å²) >= 11 is 6.41. The zero-order valence-corrected chi connectivity index (χ0v) is 18.8. The van der Waals surface area contributed by atoms with Crippen molar-refractivity contribution < 1.29 is 0 Å². The molecule has 0 saturated carbocycles. The van der Waals surface area contributed by atoms with Gasteiger partial charge in [0.1, 0.15) is 5.82 Å². The van der Waals surface area contributed by atoms with Crippen molar-refractivity contribution in [1.82, 2.24) is 9.97 Å². The van der Waals surface area contributed by atoms with Crippen molar-refractivity contribution in [2.24, 2.45) is 0 Å². The molecule has 1 fully saturated rings. The molecule has 0 aliphatic carbocycles. The van der Waals surface area contributed by atoms with Crippen LogP contribution in [0.1, 0.15) is 18.5 Å². The molecule has 1 aliphatic rings. The molecule has 0 amide bonds. The van der Waals surface area contributed by atoms with Crippen molar-refractivity contribution in [3.63, 3.8) is 0 Å². The molecule has 5 nitrogen and oxygen atoms in total. The van der Waals surface area contributed by atoms with Gasteiger partial charge >= 0.3 is 0 Å². The molecule has 1 aliphatic heterocycles. The van der Waals surface area contributed by atoms with Crippen LogP contribution >= 0.6 is 11.6 Å². The van der Waals surface area contributed by atoms with E-state index in [4.69, 9.17) is 21.6 Å². The molecule has 32 heavy (non-hydrogen) atoms. The Morgan fingerprint density at radius 2 is 1.44 bits per heavy atom. The Bertz CT molecular complexity index is 1210. The van der Waals surface area contributed by atoms with E-state index in [0.717, 1.165) is 59.6 Å². The van der Waals surface area contributed by atoms with E-state index in [2.05, 4.69) is 64.5 Å². The molecule has 3 aromatic carbocycles. The third kappa shape index (κ3) is 4.21. The van der Waals surface area contributed by atoms with Crippen molar-refractivity contribution >= 4 is 40.0 Å². The van der Waals surface area contributed by atoms with Crippen LogP contribution in [0.15, 0.2) is 78.9 Å². The Kier molecular flexibility index (Phi) is 5.82. The molecule has 1 aromatic heterocycles. The highest BCUT2D eigenvalue weighted by Gasteiger charge is 2.22. The maximum atomic E-state index is 6.41. The molecular weight excluding hydrogens is 418 g/mol. The van der Waals surface area contributed by atoms with Gasteiger partial charge in [0.05, 0.1) is 16.2 Å². The topological polar surface area (TPSA) is 44.3 Å². The Hall–Kier alpha value is -3.31. The second-order valence-corrected chi connectivity index (χ2v) is 8.50. The maximum Gasteiger partial charge on any atom is 0.228 e. The van der Waals surface area contributed by atoms with Crippen molar-refractivity contribution in [2.45, 2.75) is 13.0 Å². The van der Waals surface area contributed by atoms with E-state index in [0.29, 0.717) is 0 Å². The number of hydrogen-bond acceptors (Lipinski definition) is 5. The predicted molar refractivity (Wildman–Crippen MR) is 134 cm³/mol. The van der Waals surface area contributed by atoms with E-state index < -0.39 is 0 Å². The molecular formula is C26H26ClN5. The van der Waals surface area contributed by atoms with Crippen molar-refractivity contribution in [3.8, 4) is 0 Å². The third-order valence-corrected chi connectivity index (χ3v) is 6.32. The Labute approximate surface area is 193 Å². The van der Waals surface area contributed by atoms with Gasteiger partial charge in [-0.05, 0) is 36.8 Å². The molecule has 1 atom stereocenters. The quantitative estimate of drug-likeness (QED) is 0.423. The smallest absolute Gasteiger partial charge is 0.228 e. The molecule has 1 unspecified atom stereocenters. The molecule has 4 aromatic rings. The van der Waals surface area contributed by atoms with Crippen LogP contribution < -0.4 is 15.1 Å². The summed E-state index contributed by atoms with van der Waals surface area (Å²) in [6, 6.07) is 26.8. The summed E-state index contributed by atoms with van der Waals surface area (Å²) in [4.78, 5) is 14.4. The second kappa shape index (κ2) is 9.05. The number of nitrogens with zero attached hydrogens (tertiary/aromatic N) is 4. The van der Waals surface area contributed by atoms with Gasteiger partial charge in [0.2, 0.25) is 5.95 Å². The summed E-state index contributed by atoms with van der Waals surface area (Å²) in [7, 11) is 0. The summed E-state index contributed by atoms with van der Waals surface area (Å²) < 4.78 is 0. The summed E-state index contributed by atoms with van der Waals surface area (Å²) in [6.07, 6.45) is 0. The number of fused-ring (bicyclic) bond motifs is 1. The fraction of sp³-hybridized carbons (Fsp3) is 0.231. The number of piperazine rings is 1. The molecule has 5 rings (SSSR count). The Morgan fingerprint density at radius 1 is 0.781 bits per heavy atom. The van der Waals surface area contributed by atoms with Gasteiger partial charge < -0.3 is 15.1 Å². The molecule has 0 spiro atoms. The predicted octanol–water partition coefficient (Wildman–Crippen LogP) is 5.78. The number of nitrogens with one attached hydrogen (secondary N) is 1. The summed E-state index contributed by atoms with van der Waals surface area (Å²) in [5, 5.41) is 5.45. The lowest BCUT2D eigenvalue weighted by Gasteiger charge is -2.36. The Morgan fingerprint density at radius 3 is 2.22 bits per heavy atom. The van der Waals surface area contributed by atoms with Crippen LogP contribution in [0.2, 0.25) is 5.02 Å². The molecule has 162 valence electrons. The standard InChI is InChI=1S/C26H26ClN5/c1-19(20-9-3-2-4-10-20)28-25-21-11-5-7-13-23(21)29-26(30-25)32-17-15-31(16-18-32)24-14-8-6-12-22(24)27/h2-14,19H,15-18H2,1H3,(H,28,29,30). The average molecular weight is 444 g/mol. The van der Waals surface area contributed by atoms with Gasteiger partial charge in [-0.25, -0.2) is 4.98 Å². The van der Waals surface area contributed by atoms with Gasteiger partial charge in [-0.1, -0.05) is 66.2 Å². The molecule has 2 heterocycles. The van der Waals surface area contributed by atoms with Crippen LogP contribution in [-0.4, -0.2) is 36.1 Å². The van der Waals surface area contributed by atoms with Gasteiger partial charge in [-0.2, -0.15) is 4.98 Å². The van der Waals surface area contributed by atoms with Gasteiger partial charge in [-0.3, -0.25) is 0 Å². The van der Waals surface area contributed by atoms with Crippen molar-refractivity contribution in [1.29, 1.82) is 0 Å². The van der Waals surface area contributed by atoms with E-state index in [1.807, 2.05) is 36.4 Å². The number of hydrogen-bond donors (Lipinski definition) is 1. The lowest BCUT2D eigenvalue weighted by atomic mass is 10.1. The van der Waals surface area contributed by atoms with Crippen molar-refractivity contribution in [3.05, 3.63) is 89.4 Å². The fourth-order valence-electron chi connectivity index (χ4n) is 4.20. The summed E-state index contributed by atoms with van der Waals surface area (Å²) in [5.74, 6) is 1.64. The Balaban J connectivity index is 1.40. The number of para-hydroxylation sites is 2. The van der Waals surface area contributed by atoms with Crippen LogP contribution in [-0.2, 0) is 0 Å². The lowest BCUT2D eigenvalue weighted by molar-refractivity contribution is 0.641. The number of halogens is 1. The van der Waals surface area contributed by atoms with Gasteiger partial charge in [0, 0.05) is 37.6 Å². The first-order valence-electron chi connectivity index (χ1n) is 11.0. The van der Waals surface area contributed by atoms with Gasteiger partial charge in [-0.15, -0.1) is 0 Å². The van der Waals surface area contributed by atoms with Crippen LogP contribution in [0.4, 0.5) is 17.5 Å². The minimum atomic E-state index is 0.138. The van der Waals surface area contributed by atoms with Gasteiger partial charge in [0.15, 0.2) is 0 Å². The highest BCUT2D eigenvalue weighted by atomic mass is 35.5. The molecule has 1 saturated heterocycles. The monoisotopic (exact) mass is 443 g/mol. The van der Waals surface area contributed by atoms with Crippen molar-refractivity contribution in [2.75, 3.05) is 41.3 Å². The van der Waals surface area contributed by atoms with E-state index in [1.165, 1.54) is 5.56 Å². The molecule has 1 N–H and O–H groups in total. The number of anilines is 3. The lowest BCUT2D eigenvalue weighted by Crippen LogP contribution is -2.47. The first kappa shape index (κ1) is 20.6. The number of aromatic nitrogens is 2. The van der Waals surface area contributed by atoms with Crippen LogP contribution in [0.3, 0.4) is 0 Å². The zero-order valence-electron chi connectivity index (χ0n) is 18.1. The third-order valence-electron chi connectivity index (χ3n) is 6.00. The average Bonchev–Trinajstić information content (AvgIpc) is 2.85. The van der Waals surface area contributed by atoms with Crippen LogP contribution in [0, 0.1) is 0 Å².